The number of nitrogens with one attached hydrogen (secondary N) is 1. The Morgan fingerprint density at radius 1 is 1.30 bits per heavy atom. The van der Waals surface area contributed by atoms with E-state index in [2.05, 4.69) is 55.9 Å². The minimum absolute atomic E-state index is 0.413. The first kappa shape index (κ1) is 16.9. The lowest BCUT2D eigenvalue weighted by molar-refractivity contribution is 0.203. The molecule has 0 unspecified atom stereocenters. The zero-order valence-corrected chi connectivity index (χ0v) is 13.7. The van der Waals surface area contributed by atoms with Gasteiger partial charge in [-0.05, 0) is 38.0 Å². The molecule has 114 valence electrons. The van der Waals surface area contributed by atoms with Crippen molar-refractivity contribution in [1.82, 2.24) is 10.3 Å². The molecule has 1 rings (SSSR count). The van der Waals surface area contributed by atoms with Gasteiger partial charge in [-0.15, -0.1) is 0 Å². The first-order valence-electron chi connectivity index (χ1n) is 7.40. The van der Waals surface area contributed by atoms with E-state index in [1.807, 2.05) is 6.20 Å². The molecule has 0 spiro atoms. The highest BCUT2D eigenvalue weighted by Gasteiger charge is 2.14. The van der Waals surface area contributed by atoms with Crippen LogP contribution >= 0.6 is 0 Å². The van der Waals surface area contributed by atoms with Crippen LogP contribution in [0.2, 0.25) is 0 Å². The minimum atomic E-state index is 0.413. The van der Waals surface area contributed by atoms with Crippen molar-refractivity contribution in [3.63, 3.8) is 0 Å². The summed E-state index contributed by atoms with van der Waals surface area (Å²) in [5.41, 5.74) is 2.45. The zero-order chi connectivity index (χ0) is 15.1. The number of aryl methyl sites for hydroxylation is 1. The third-order valence-electron chi connectivity index (χ3n) is 3.25. The molecular weight excluding hydrogens is 250 g/mol. The van der Waals surface area contributed by atoms with E-state index in [0.717, 1.165) is 25.5 Å². The number of ether oxygens (including phenoxy) is 1. The highest BCUT2D eigenvalue weighted by molar-refractivity contribution is 5.48. The van der Waals surface area contributed by atoms with E-state index in [0.29, 0.717) is 12.1 Å². The average molecular weight is 279 g/mol. The number of methoxy groups -OCH3 is 1. The Balaban J connectivity index is 2.83. The summed E-state index contributed by atoms with van der Waals surface area (Å²) in [6, 6.07) is 3.12. The van der Waals surface area contributed by atoms with Gasteiger partial charge in [0.25, 0.3) is 0 Å². The molecule has 0 aliphatic rings. The maximum absolute atomic E-state index is 5.19. The molecule has 4 heteroatoms. The minimum Gasteiger partial charge on any atom is -0.383 e. The van der Waals surface area contributed by atoms with Crippen LogP contribution in [0.1, 0.15) is 38.8 Å². The molecule has 0 aromatic carbocycles. The molecule has 0 amide bonds. The fourth-order valence-electron chi connectivity index (χ4n) is 2.14. The van der Waals surface area contributed by atoms with Gasteiger partial charge in [0.1, 0.15) is 5.82 Å². The zero-order valence-electron chi connectivity index (χ0n) is 13.7. The Kier molecular flexibility index (Phi) is 6.96. The topological polar surface area (TPSA) is 37.4 Å². The van der Waals surface area contributed by atoms with E-state index < -0.39 is 0 Å². The molecule has 0 radical (unpaired) electrons. The van der Waals surface area contributed by atoms with E-state index in [1.54, 1.807) is 7.11 Å². The van der Waals surface area contributed by atoms with E-state index >= 15 is 0 Å². The fourth-order valence-corrected chi connectivity index (χ4v) is 2.14. The van der Waals surface area contributed by atoms with Gasteiger partial charge in [0.2, 0.25) is 0 Å². The van der Waals surface area contributed by atoms with Gasteiger partial charge < -0.3 is 15.0 Å². The molecule has 1 aromatic heterocycles. The van der Waals surface area contributed by atoms with E-state index in [4.69, 9.17) is 4.74 Å². The smallest absolute Gasteiger partial charge is 0.131 e. The predicted octanol–water partition coefficient (Wildman–Crippen LogP) is 2.75. The maximum Gasteiger partial charge on any atom is 0.131 e. The molecule has 0 atom stereocenters. The Bertz CT molecular complexity index is 405. The summed E-state index contributed by atoms with van der Waals surface area (Å²) in [7, 11) is 1.74. The summed E-state index contributed by atoms with van der Waals surface area (Å²) in [4.78, 5) is 6.95. The number of pyridine rings is 1. The van der Waals surface area contributed by atoms with Crippen LogP contribution in [0.25, 0.3) is 0 Å². The summed E-state index contributed by atoms with van der Waals surface area (Å²) in [6.45, 7) is 13.3. The lowest BCUT2D eigenvalue weighted by Crippen LogP contribution is -2.35. The average Bonchev–Trinajstić information content (AvgIpc) is 2.38. The Morgan fingerprint density at radius 3 is 2.50 bits per heavy atom. The van der Waals surface area contributed by atoms with Crippen LogP contribution in [-0.4, -0.2) is 37.3 Å². The highest BCUT2D eigenvalue weighted by atomic mass is 16.5. The van der Waals surface area contributed by atoms with Gasteiger partial charge in [0.05, 0.1) is 6.61 Å². The van der Waals surface area contributed by atoms with Gasteiger partial charge in [-0.2, -0.15) is 0 Å². The number of nitrogens with zero attached hydrogens (tertiary/aromatic N) is 2. The molecule has 0 bridgehead atoms. The fraction of sp³-hybridized carbons (Fsp3) is 0.688. The van der Waals surface area contributed by atoms with Crippen LogP contribution in [0, 0.1) is 6.92 Å². The summed E-state index contributed by atoms with van der Waals surface area (Å²) >= 11 is 0. The van der Waals surface area contributed by atoms with E-state index in [-0.39, 0.29) is 0 Å². The van der Waals surface area contributed by atoms with Crippen molar-refractivity contribution in [2.75, 3.05) is 25.2 Å². The molecule has 1 N–H and O–H groups in total. The monoisotopic (exact) mass is 279 g/mol. The SMILES string of the molecule is COCCN(c1ncc(CNC(C)C)cc1C)C(C)C. The van der Waals surface area contributed by atoms with Crippen molar-refractivity contribution in [2.45, 2.75) is 53.2 Å². The van der Waals surface area contributed by atoms with E-state index in [1.165, 1.54) is 11.1 Å². The largest absolute Gasteiger partial charge is 0.383 e. The third-order valence-corrected chi connectivity index (χ3v) is 3.25. The second-order valence-corrected chi connectivity index (χ2v) is 5.80. The summed E-state index contributed by atoms with van der Waals surface area (Å²) in [5, 5.41) is 3.42. The van der Waals surface area contributed by atoms with Crippen LogP contribution in [-0.2, 0) is 11.3 Å². The Morgan fingerprint density at radius 2 is 2.00 bits per heavy atom. The molecule has 1 aromatic rings. The summed E-state index contributed by atoms with van der Waals surface area (Å²) < 4.78 is 5.19. The highest BCUT2D eigenvalue weighted by Crippen LogP contribution is 2.20. The first-order chi connectivity index (χ1) is 9.45. The molecule has 1 heterocycles. The van der Waals surface area contributed by atoms with Crippen LogP contribution in [0.3, 0.4) is 0 Å². The lowest BCUT2D eigenvalue weighted by Gasteiger charge is -2.29. The standard InChI is InChI=1S/C16H29N3O/c1-12(2)17-10-15-9-14(5)16(18-11-15)19(13(3)4)7-8-20-6/h9,11-13,17H,7-8,10H2,1-6H3. The number of rotatable bonds is 8. The number of hydrogen-bond donors (Lipinski definition) is 1. The molecule has 0 fully saturated rings. The molecule has 0 saturated carbocycles. The second-order valence-electron chi connectivity index (χ2n) is 5.80. The van der Waals surface area contributed by atoms with Gasteiger partial charge in [0, 0.05) is 38.5 Å². The van der Waals surface area contributed by atoms with Crippen LogP contribution < -0.4 is 10.2 Å². The molecule has 4 nitrogen and oxygen atoms in total. The van der Waals surface area contributed by atoms with Crippen molar-refractivity contribution in [3.05, 3.63) is 23.4 Å². The molecule has 0 aliphatic heterocycles. The van der Waals surface area contributed by atoms with Gasteiger partial charge in [-0.3, -0.25) is 0 Å². The van der Waals surface area contributed by atoms with Crippen molar-refractivity contribution < 1.29 is 4.74 Å². The second kappa shape index (κ2) is 8.22. The number of aromatic nitrogens is 1. The Hall–Kier alpha value is -1.13. The van der Waals surface area contributed by atoms with Gasteiger partial charge in [-0.25, -0.2) is 4.98 Å². The molecule has 0 aliphatic carbocycles. The quantitative estimate of drug-likeness (QED) is 0.794. The van der Waals surface area contributed by atoms with Crippen LogP contribution in [0.5, 0.6) is 0 Å². The number of anilines is 1. The van der Waals surface area contributed by atoms with Gasteiger partial charge >= 0.3 is 0 Å². The first-order valence-corrected chi connectivity index (χ1v) is 7.40. The van der Waals surface area contributed by atoms with Gasteiger partial charge in [0.15, 0.2) is 0 Å². The van der Waals surface area contributed by atoms with Crippen molar-refractivity contribution in [2.24, 2.45) is 0 Å². The molecule has 20 heavy (non-hydrogen) atoms. The van der Waals surface area contributed by atoms with Crippen LogP contribution in [0.4, 0.5) is 5.82 Å². The third kappa shape index (κ3) is 5.10. The molecular formula is C16H29N3O. The molecule has 0 saturated heterocycles. The van der Waals surface area contributed by atoms with Gasteiger partial charge in [-0.1, -0.05) is 13.8 Å². The normalized spacial score (nSPS) is 11.4. The number of hydrogen-bond acceptors (Lipinski definition) is 4. The predicted molar refractivity (Wildman–Crippen MR) is 85.3 cm³/mol. The summed E-state index contributed by atoms with van der Waals surface area (Å²) in [6.07, 6.45) is 1.97. The Labute approximate surface area is 123 Å². The van der Waals surface area contributed by atoms with Crippen molar-refractivity contribution in [3.8, 4) is 0 Å². The lowest BCUT2D eigenvalue weighted by atomic mass is 10.1. The van der Waals surface area contributed by atoms with Crippen molar-refractivity contribution >= 4 is 5.82 Å². The van der Waals surface area contributed by atoms with E-state index in [9.17, 15) is 0 Å². The maximum atomic E-state index is 5.19. The summed E-state index contributed by atoms with van der Waals surface area (Å²) in [5.74, 6) is 1.06. The van der Waals surface area contributed by atoms with Crippen molar-refractivity contribution in [1.29, 1.82) is 0 Å². The van der Waals surface area contributed by atoms with Crippen LogP contribution in [0.15, 0.2) is 12.3 Å².